The second kappa shape index (κ2) is 5.79. The average molecular weight is 336 g/mol. The number of carbonyl (C=O) groups is 1. The SMILES string of the molecule is COc1ccc([C@H]2O[C@H]3CC(=O)[C@H](O)[C@H](O)[C@]34OCC[C@H]2O4)cc1. The predicted molar refractivity (Wildman–Crippen MR) is 80.4 cm³/mol. The molecule has 2 N–H and O–H groups in total. The maximum atomic E-state index is 11.9. The minimum Gasteiger partial charge on any atom is -0.497 e. The molecule has 0 amide bonds. The Morgan fingerprint density at radius 1 is 1.25 bits per heavy atom. The van der Waals surface area contributed by atoms with Crippen molar-refractivity contribution in [3.63, 3.8) is 0 Å². The third-order valence-electron chi connectivity index (χ3n) is 5.04. The van der Waals surface area contributed by atoms with Gasteiger partial charge in [-0.15, -0.1) is 0 Å². The highest BCUT2D eigenvalue weighted by Gasteiger charge is 2.63. The molecule has 2 saturated heterocycles. The lowest BCUT2D eigenvalue weighted by Gasteiger charge is -2.56. The van der Waals surface area contributed by atoms with Gasteiger partial charge in [0.05, 0.1) is 19.8 Å². The maximum Gasteiger partial charge on any atom is 0.225 e. The van der Waals surface area contributed by atoms with Gasteiger partial charge < -0.3 is 29.2 Å². The highest BCUT2D eigenvalue weighted by atomic mass is 16.8. The predicted octanol–water partition coefficient (Wildman–Crippen LogP) is 0.331. The third-order valence-corrected chi connectivity index (χ3v) is 5.04. The van der Waals surface area contributed by atoms with Crippen molar-refractivity contribution in [3.8, 4) is 5.75 Å². The van der Waals surface area contributed by atoms with Crippen LogP contribution in [0.3, 0.4) is 0 Å². The summed E-state index contributed by atoms with van der Waals surface area (Å²) in [6.45, 7) is 0.370. The smallest absolute Gasteiger partial charge is 0.225 e. The first kappa shape index (κ1) is 16.0. The van der Waals surface area contributed by atoms with E-state index in [1.807, 2.05) is 24.3 Å². The van der Waals surface area contributed by atoms with Gasteiger partial charge in [0, 0.05) is 12.8 Å². The van der Waals surface area contributed by atoms with Crippen LogP contribution in [0.2, 0.25) is 0 Å². The average Bonchev–Trinajstić information content (AvgIpc) is 2.62. The minimum atomic E-state index is -1.51. The normalized spacial score (nSPS) is 41.6. The number of aliphatic hydroxyl groups is 2. The fourth-order valence-electron chi connectivity index (χ4n) is 3.73. The van der Waals surface area contributed by atoms with Gasteiger partial charge in [0.15, 0.2) is 5.78 Å². The van der Waals surface area contributed by atoms with Crippen LogP contribution in [0, 0.1) is 0 Å². The van der Waals surface area contributed by atoms with Crippen molar-refractivity contribution < 1.29 is 34.0 Å². The molecule has 7 nitrogen and oxygen atoms in total. The Labute approximate surface area is 139 Å². The van der Waals surface area contributed by atoms with Crippen molar-refractivity contribution in [2.24, 2.45) is 0 Å². The van der Waals surface area contributed by atoms with Crippen molar-refractivity contribution in [3.05, 3.63) is 29.8 Å². The zero-order valence-corrected chi connectivity index (χ0v) is 13.3. The second-order valence-electron chi connectivity index (χ2n) is 6.39. The van der Waals surface area contributed by atoms with Gasteiger partial charge in [-0.3, -0.25) is 4.79 Å². The molecular formula is C17H20O7. The second-order valence-corrected chi connectivity index (χ2v) is 6.39. The number of fused-ring (bicyclic) bond motifs is 1. The number of hydrogen-bond acceptors (Lipinski definition) is 7. The molecule has 3 fully saturated rings. The number of benzene rings is 1. The molecule has 1 aromatic rings. The maximum absolute atomic E-state index is 11.9. The summed E-state index contributed by atoms with van der Waals surface area (Å²) in [5.41, 5.74) is 0.907. The van der Waals surface area contributed by atoms with Crippen LogP contribution in [0.15, 0.2) is 24.3 Å². The fourth-order valence-corrected chi connectivity index (χ4v) is 3.73. The Hall–Kier alpha value is -1.51. The molecule has 0 aromatic heterocycles. The summed E-state index contributed by atoms with van der Waals surface area (Å²) in [6.07, 6.45) is -3.87. The molecular weight excluding hydrogens is 316 g/mol. The van der Waals surface area contributed by atoms with Gasteiger partial charge in [-0.1, -0.05) is 12.1 Å². The Kier molecular flexibility index (Phi) is 3.85. The van der Waals surface area contributed by atoms with Gasteiger partial charge in [0.2, 0.25) is 5.79 Å². The van der Waals surface area contributed by atoms with E-state index in [1.54, 1.807) is 7.11 Å². The molecule has 1 spiro atoms. The number of rotatable bonds is 2. The number of carbonyl (C=O) groups excluding carboxylic acids is 1. The molecule has 7 heteroatoms. The first-order valence-electron chi connectivity index (χ1n) is 8.05. The van der Waals surface area contributed by atoms with Crippen LogP contribution in [0.4, 0.5) is 0 Å². The number of ether oxygens (including phenoxy) is 4. The van der Waals surface area contributed by atoms with Crippen LogP contribution in [-0.2, 0) is 19.0 Å². The lowest BCUT2D eigenvalue weighted by Crippen LogP contribution is -2.72. The van der Waals surface area contributed by atoms with Crippen LogP contribution in [-0.4, -0.2) is 59.9 Å². The molecule has 1 aromatic carbocycles. The Morgan fingerprint density at radius 2 is 2.00 bits per heavy atom. The van der Waals surface area contributed by atoms with E-state index in [0.717, 1.165) is 11.3 Å². The van der Waals surface area contributed by atoms with Crippen LogP contribution >= 0.6 is 0 Å². The summed E-state index contributed by atoms with van der Waals surface area (Å²) >= 11 is 0. The number of methoxy groups -OCH3 is 1. The highest BCUT2D eigenvalue weighted by Crippen LogP contribution is 2.47. The van der Waals surface area contributed by atoms with E-state index in [-0.39, 0.29) is 18.6 Å². The number of ketones is 1. The molecule has 3 aliphatic rings. The standard InChI is InChI=1S/C17H20O7/c1-21-10-4-2-9(3-5-10)15-12-6-7-22-17(24-12)13(23-15)8-11(18)14(19)16(17)20/h2-5,12-16,19-20H,6-8H2,1H3/t12-,13+,14+,15-,16+,17+/m1/s1. The first-order valence-corrected chi connectivity index (χ1v) is 8.05. The third kappa shape index (κ3) is 2.28. The van der Waals surface area contributed by atoms with Crippen molar-refractivity contribution in [1.82, 2.24) is 0 Å². The topological polar surface area (TPSA) is 94.5 Å². The van der Waals surface area contributed by atoms with Gasteiger partial charge in [-0.05, 0) is 17.7 Å². The zero-order chi connectivity index (χ0) is 16.9. The molecule has 4 rings (SSSR count). The quantitative estimate of drug-likeness (QED) is 0.804. The van der Waals surface area contributed by atoms with E-state index >= 15 is 0 Å². The van der Waals surface area contributed by atoms with E-state index in [0.29, 0.717) is 13.0 Å². The molecule has 6 atom stereocenters. The summed E-state index contributed by atoms with van der Waals surface area (Å²) in [5, 5.41) is 20.3. The van der Waals surface area contributed by atoms with E-state index in [9.17, 15) is 15.0 Å². The Bertz CT molecular complexity index is 630. The molecule has 24 heavy (non-hydrogen) atoms. The lowest BCUT2D eigenvalue weighted by atomic mass is 9.82. The number of hydrogen-bond donors (Lipinski definition) is 2. The molecule has 0 unspecified atom stereocenters. The fraction of sp³-hybridized carbons (Fsp3) is 0.588. The lowest BCUT2D eigenvalue weighted by molar-refractivity contribution is -0.426. The van der Waals surface area contributed by atoms with Crippen molar-refractivity contribution >= 4 is 5.78 Å². The van der Waals surface area contributed by atoms with Crippen LogP contribution in [0.5, 0.6) is 5.75 Å². The summed E-state index contributed by atoms with van der Waals surface area (Å²) in [7, 11) is 1.60. The Balaban J connectivity index is 1.65. The van der Waals surface area contributed by atoms with Crippen LogP contribution in [0.1, 0.15) is 24.5 Å². The largest absolute Gasteiger partial charge is 0.497 e. The minimum absolute atomic E-state index is 0.0579. The van der Waals surface area contributed by atoms with E-state index in [2.05, 4.69) is 0 Å². The van der Waals surface area contributed by atoms with E-state index in [1.165, 1.54) is 0 Å². The van der Waals surface area contributed by atoms with Gasteiger partial charge in [-0.2, -0.15) is 0 Å². The van der Waals surface area contributed by atoms with Gasteiger partial charge >= 0.3 is 0 Å². The van der Waals surface area contributed by atoms with Gasteiger partial charge in [-0.25, -0.2) is 0 Å². The molecule has 2 bridgehead atoms. The molecule has 2 heterocycles. The van der Waals surface area contributed by atoms with Crippen molar-refractivity contribution in [2.75, 3.05) is 13.7 Å². The molecule has 1 aliphatic carbocycles. The zero-order valence-electron chi connectivity index (χ0n) is 13.3. The summed E-state index contributed by atoms with van der Waals surface area (Å²) in [6, 6.07) is 7.46. The monoisotopic (exact) mass is 336 g/mol. The first-order chi connectivity index (χ1) is 11.5. The summed E-state index contributed by atoms with van der Waals surface area (Å²) in [5.74, 6) is -1.20. The summed E-state index contributed by atoms with van der Waals surface area (Å²) in [4.78, 5) is 11.9. The van der Waals surface area contributed by atoms with Gasteiger partial charge in [0.25, 0.3) is 0 Å². The van der Waals surface area contributed by atoms with Crippen molar-refractivity contribution in [2.45, 2.75) is 49.1 Å². The summed E-state index contributed by atoms with van der Waals surface area (Å²) < 4.78 is 23.0. The molecule has 2 aliphatic heterocycles. The number of Topliss-reactive ketones (excluding diaryl/α,β-unsaturated/α-hetero) is 1. The van der Waals surface area contributed by atoms with Crippen LogP contribution in [0.25, 0.3) is 0 Å². The van der Waals surface area contributed by atoms with Crippen molar-refractivity contribution in [1.29, 1.82) is 0 Å². The highest BCUT2D eigenvalue weighted by molar-refractivity contribution is 5.85. The number of aliphatic hydroxyl groups excluding tert-OH is 2. The Morgan fingerprint density at radius 3 is 2.71 bits per heavy atom. The molecule has 130 valence electrons. The van der Waals surface area contributed by atoms with Crippen LogP contribution < -0.4 is 4.74 Å². The van der Waals surface area contributed by atoms with E-state index < -0.39 is 29.9 Å². The van der Waals surface area contributed by atoms with E-state index in [4.69, 9.17) is 18.9 Å². The molecule has 1 saturated carbocycles. The van der Waals surface area contributed by atoms with Gasteiger partial charge in [0.1, 0.15) is 30.2 Å². The molecule has 0 radical (unpaired) electrons.